The maximum Gasteiger partial charge on any atom is 0.0720 e. The molecular formula is C32H56Br2O2. The summed E-state index contributed by atoms with van der Waals surface area (Å²) in [4.78, 5) is 0. The van der Waals surface area contributed by atoms with Gasteiger partial charge in [-0.3, -0.25) is 0 Å². The van der Waals surface area contributed by atoms with Crippen molar-refractivity contribution in [1.29, 1.82) is 0 Å². The van der Waals surface area contributed by atoms with E-state index in [0.29, 0.717) is 13.2 Å². The fraction of sp³-hybridized carbons (Fsp3) is 0.812. The molecule has 1 aromatic rings. The minimum absolute atomic E-state index is 0.667. The molecule has 0 aliphatic rings. The summed E-state index contributed by atoms with van der Waals surface area (Å²) in [6.07, 6.45) is 27.2. The van der Waals surface area contributed by atoms with Crippen molar-refractivity contribution in [3.05, 3.63) is 32.2 Å². The van der Waals surface area contributed by atoms with Crippen LogP contribution in [0.15, 0.2) is 21.1 Å². The Bertz CT molecular complexity index is 567. The third-order valence-corrected chi connectivity index (χ3v) is 8.89. The van der Waals surface area contributed by atoms with Crippen LogP contribution in [0.5, 0.6) is 0 Å². The van der Waals surface area contributed by atoms with Crippen molar-refractivity contribution in [3.63, 3.8) is 0 Å². The van der Waals surface area contributed by atoms with E-state index >= 15 is 0 Å². The summed E-state index contributed by atoms with van der Waals surface area (Å²) in [6, 6.07) is 4.36. The molecule has 0 radical (unpaired) electrons. The summed E-state index contributed by atoms with van der Waals surface area (Å²) in [7, 11) is 0. The van der Waals surface area contributed by atoms with E-state index in [-0.39, 0.29) is 0 Å². The van der Waals surface area contributed by atoms with Gasteiger partial charge < -0.3 is 9.47 Å². The summed E-state index contributed by atoms with van der Waals surface area (Å²) < 4.78 is 14.3. The molecule has 0 amide bonds. The highest BCUT2D eigenvalue weighted by Gasteiger charge is 2.08. The quantitative estimate of drug-likeness (QED) is 0.0947. The van der Waals surface area contributed by atoms with Gasteiger partial charge in [0.25, 0.3) is 0 Å². The SMILES string of the molecule is CCCCCCCCCCCCOCc1cc(Br)c(Br)cc1COCCCCCCCCCCCC. The molecule has 0 atom stereocenters. The van der Waals surface area contributed by atoms with Crippen molar-refractivity contribution < 1.29 is 9.47 Å². The molecule has 0 bridgehead atoms. The minimum atomic E-state index is 0.667. The summed E-state index contributed by atoms with van der Waals surface area (Å²) in [5.41, 5.74) is 2.47. The lowest BCUT2D eigenvalue weighted by atomic mass is 10.1. The van der Waals surface area contributed by atoms with Gasteiger partial charge in [-0.2, -0.15) is 0 Å². The molecule has 0 unspecified atom stereocenters. The van der Waals surface area contributed by atoms with Crippen molar-refractivity contribution >= 4 is 31.9 Å². The van der Waals surface area contributed by atoms with Gasteiger partial charge in [0, 0.05) is 22.2 Å². The van der Waals surface area contributed by atoms with Gasteiger partial charge in [-0.05, 0) is 68.0 Å². The highest BCUT2D eigenvalue weighted by molar-refractivity contribution is 9.13. The molecule has 0 aromatic heterocycles. The maximum absolute atomic E-state index is 6.05. The average molecular weight is 633 g/mol. The molecule has 1 rings (SSSR count). The van der Waals surface area contributed by atoms with Crippen LogP contribution in [0.4, 0.5) is 0 Å². The van der Waals surface area contributed by atoms with Crippen molar-refractivity contribution in [1.82, 2.24) is 0 Å². The van der Waals surface area contributed by atoms with E-state index in [1.54, 1.807) is 0 Å². The molecule has 36 heavy (non-hydrogen) atoms. The number of ether oxygens (including phenoxy) is 2. The van der Waals surface area contributed by atoms with Crippen LogP contribution in [0, 0.1) is 0 Å². The van der Waals surface area contributed by atoms with E-state index in [9.17, 15) is 0 Å². The third-order valence-electron chi connectivity index (χ3n) is 7.04. The van der Waals surface area contributed by atoms with Gasteiger partial charge in [0.15, 0.2) is 0 Å². The zero-order valence-corrected chi connectivity index (χ0v) is 26.9. The monoisotopic (exact) mass is 630 g/mol. The molecule has 0 aliphatic carbocycles. The number of rotatable bonds is 26. The van der Waals surface area contributed by atoms with Crippen LogP contribution in [0.25, 0.3) is 0 Å². The second kappa shape index (κ2) is 25.4. The molecule has 2 nitrogen and oxygen atoms in total. The van der Waals surface area contributed by atoms with Crippen LogP contribution in [-0.2, 0) is 22.7 Å². The van der Waals surface area contributed by atoms with E-state index in [2.05, 4.69) is 57.8 Å². The van der Waals surface area contributed by atoms with Crippen LogP contribution in [0.1, 0.15) is 153 Å². The Morgan fingerprint density at radius 3 is 1.03 bits per heavy atom. The van der Waals surface area contributed by atoms with Gasteiger partial charge in [-0.15, -0.1) is 0 Å². The van der Waals surface area contributed by atoms with Gasteiger partial charge in [-0.1, -0.05) is 129 Å². The van der Waals surface area contributed by atoms with Crippen molar-refractivity contribution in [2.45, 2.75) is 155 Å². The topological polar surface area (TPSA) is 18.5 Å². The fourth-order valence-corrected chi connectivity index (χ4v) is 5.43. The largest absolute Gasteiger partial charge is 0.377 e. The van der Waals surface area contributed by atoms with E-state index < -0.39 is 0 Å². The Morgan fingerprint density at radius 1 is 0.444 bits per heavy atom. The highest BCUT2D eigenvalue weighted by Crippen LogP contribution is 2.28. The van der Waals surface area contributed by atoms with Crippen molar-refractivity contribution in [2.24, 2.45) is 0 Å². The molecule has 1 aromatic carbocycles. The standard InChI is InChI=1S/C32H56Br2O2/c1-3-5-7-9-11-13-15-17-19-21-23-35-27-29-25-31(33)32(34)26-30(29)28-36-24-22-20-18-16-14-12-10-8-6-4-2/h25-26H,3-24,27-28H2,1-2H3. The minimum Gasteiger partial charge on any atom is -0.377 e. The first-order chi connectivity index (χ1) is 17.7. The number of hydrogen-bond acceptors (Lipinski definition) is 2. The Balaban J connectivity index is 2.12. The Morgan fingerprint density at radius 2 is 0.722 bits per heavy atom. The highest BCUT2D eigenvalue weighted by atomic mass is 79.9. The van der Waals surface area contributed by atoms with Crippen molar-refractivity contribution in [2.75, 3.05) is 13.2 Å². The summed E-state index contributed by atoms with van der Waals surface area (Å²) in [6.45, 7) is 7.60. The van der Waals surface area contributed by atoms with E-state index in [1.807, 2.05) is 0 Å². The second-order valence-electron chi connectivity index (χ2n) is 10.5. The lowest BCUT2D eigenvalue weighted by Crippen LogP contribution is -2.03. The van der Waals surface area contributed by atoms with E-state index in [0.717, 1.165) is 35.0 Å². The lowest BCUT2D eigenvalue weighted by molar-refractivity contribution is 0.103. The molecule has 0 spiro atoms. The molecule has 0 N–H and O–H groups in total. The maximum atomic E-state index is 6.05. The van der Waals surface area contributed by atoms with Crippen LogP contribution in [0.2, 0.25) is 0 Å². The zero-order valence-electron chi connectivity index (χ0n) is 23.7. The molecule has 210 valence electrons. The second-order valence-corrected chi connectivity index (χ2v) is 12.2. The van der Waals surface area contributed by atoms with Crippen LogP contribution >= 0.6 is 31.9 Å². The summed E-state index contributed by atoms with van der Waals surface area (Å²) in [5, 5.41) is 0. The number of hydrogen-bond donors (Lipinski definition) is 0. The lowest BCUT2D eigenvalue weighted by Gasteiger charge is -2.13. The first-order valence-electron chi connectivity index (χ1n) is 15.3. The zero-order chi connectivity index (χ0) is 26.1. The summed E-state index contributed by atoms with van der Waals surface area (Å²) in [5.74, 6) is 0. The number of benzene rings is 1. The average Bonchev–Trinajstić information content (AvgIpc) is 2.87. The van der Waals surface area contributed by atoms with E-state index in [1.165, 1.54) is 127 Å². The Hall–Kier alpha value is 0.1000. The Kier molecular flexibility index (Phi) is 24.1. The predicted molar refractivity (Wildman–Crippen MR) is 165 cm³/mol. The van der Waals surface area contributed by atoms with Crippen LogP contribution in [-0.4, -0.2) is 13.2 Å². The van der Waals surface area contributed by atoms with Crippen molar-refractivity contribution in [3.8, 4) is 0 Å². The predicted octanol–water partition coefficient (Wildman–Crippen LogP) is 12.1. The molecule has 4 heteroatoms. The third kappa shape index (κ3) is 19.2. The molecule has 0 saturated heterocycles. The first kappa shape index (κ1) is 34.1. The van der Waals surface area contributed by atoms with Gasteiger partial charge >= 0.3 is 0 Å². The molecular weight excluding hydrogens is 576 g/mol. The van der Waals surface area contributed by atoms with Gasteiger partial charge in [0.05, 0.1) is 13.2 Å². The Labute approximate surface area is 241 Å². The first-order valence-corrected chi connectivity index (χ1v) is 16.9. The molecule has 0 fully saturated rings. The van der Waals surface area contributed by atoms with Crippen LogP contribution < -0.4 is 0 Å². The van der Waals surface area contributed by atoms with Crippen LogP contribution in [0.3, 0.4) is 0 Å². The number of halogens is 2. The molecule has 0 heterocycles. The van der Waals surface area contributed by atoms with Gasteiger partial charge in [-0.25, -0.2) is 0 Å². The molecule has 0 saturated carbocycles. The smallest absolute Gasteiger partial charge is 0.0720 e. The van der Waals surface area contributed by atoms with Gasteiger partial charge in [0.1, 0.15) is 0 Å². The fourth-order valence-electron chi connectivity index (χ4n) is 4.65. The molecule has 0 aliphatic heterocycles. The normalized spacial score (nSPS) is 11.4. The van der Waals surface area contributed by atoms with E-state index in [4.69, 9.17) is 9.47 Å². The number of unbranched alkanes of at least 4 members (excludes halogenated alkanes) is 18. The van der Waals surface area contributed by atoms with Gasteiger partial charge in [0.2, 0.25) is 0 Å². The summed E-state index contributed by atoms with van der Waals surface area (Å²) >= 11 is 7.31.